The van der Waals surface area contributed by atoms with Gasteiger partial charge in [-0.15, -0.1) is 0 Å². The predicted octanol–water partition coefficient (Wildman–Crippen LogP) is -0.284. The van der Waals surface area contributed by atoms with Crippen LogP contribution in [0.25, 0.3) is 0 Å². The maximum atomic E-state index is 10.7. The van der Waals surface area contributed by atoms with Gasteiger partial charge in [0.2, 0.25) is 0 Å². The second-order valence-corrected chi connectivity index (χ2v) is 3.47. The molecule has 0 saturated carbocycles. The van der Waals surface area contributed by atoms with E-state index < -0.39 is 16.4 Å². The van der Waals surface area contributed by atoms with Crippen LogP contribution in [0.1, 0.15) is 19.8 Å². The molecule has 0 aliphatic heterocycles. The van der Waals surface area contributed by atoms with Crippen molar-refractivity contribution >= 4 is 16.4 Å². The molecule has 0 atom stereocenters. The summed E-state index contributed by atoms with van der Waals surface area (Å²) in [5, 5.41) is 0. The fourth-order valence-corrected chi connectivity index (χ4v) is 1.18. The zero-order chi connectivity index (χ0) is 9.61. The molecule has 0 aromatic carbocycles. The van der Waals surface area contributed by atoms with Crippen molar-refractivity contribution in [2.24, 2.45) is 5.73 Å². The first-order chi connectivity index (χ1) is 5.48. The minimum atomic E-state index is -3.98. The van der Waals surface area contributed by atoms with Crippen molar-refractivity contribution in [3.8, 4) is 0 Å². The highest BCUT2D eigenvalue weighted by Crippen LogP contribution is 1.89. The zero-order valence-corrected chi connectivity index (χ0v) is 7.56. The van der Waals surface area contributed by atoms with Crippen LogP contribution < -0.4 is 10.5 Å². The average molecular weight is 196 g/mol. The van der Waals surface area contributed by atoms with E-state index in [4.69, 9.17) is 0 Å². The van der Waals surface area contributed by atoms with Crippen LogP contribution in [0, 0.1) is 0 Å². The molecule has 0 aromatic heterocycles. The monoisotopic (exact) mass is 196 g/mol. The average Bonchev–Trinajstić information content (AvgIpc) is 1.84. The summed E-state index contributed by atoms with van der Waals surface area (Å²) in [5.41, 5.74) is 4.50. The van der Waals surface area contributed by atoms with E-state index in [1.807, 2.05) is 11.6 Å². The minimum Gasteiger partial charge on any atom is -0.334 e. The maximum Gasteiger partial charge on any atom is 0.421 e. The summed E-state index contributed by atoms with van der Waals surface area (Å²) >= 11 is 0. The highest BCUT2D eigenvalue weighted by atomic mass is 32.2. The second kappa shape index (κ2) is 4.94. The number of amides is 1. The van der Waals surface area contributed by atoms with Crippen molar-refractivity contribution in [2.45, 2.75) is 19.8 Å². The van der Waals surface area contributed by atoms with Gasteiger partial charge in [-0.3, -0.25) is 0 Å². The third-order valence-electron chi connectivity index (χ3n) is 1.00. The van der Waals surface area contributed by atoms with Gasteiger partial charge in [-0.05, 0) is 6.42 Å². The summed E-state index contributed by atoms with van der Waals surface area (Å²) in [7, 11) is -3.98. The van der Waals surface area contributed by atoms with Gasteiger partial charge in [-0.1, -0.05) is 13.3 Å². The molecule has 0 saturated heterocycles. The number of primary amides is 1. The molecule has 0 rings (SSSR count). The number of hydrogen-bond acceptors (Lipinski definition) is 4. The molecule has 0 aliphatic carbocycles. The minimum absolute atomic E-state index is 0.242. The Morgan fingerprint density at radius 1 is 1.58 bits per heavy atom. The Morgan fingerprint density at radius 3 is 2.58 bits per heavy atom. The quantitative estimate of drug-likeness (QED) is 0.590. The van der Waals surface area contributed by atoms with Gasteiger partial charge in [-0.25, -0.2) is 4.79 Å². The second-order valence-electron chi connectivity index (χ2n) is 2.10. The van der Waals surface area contributed by atoms with Crippen molar-refractivity contribution in [2.75, 3.05) is 6.54 Å². The molecule has 1 amide bonds. The van der Waals surface area contributed by atoms with Gasteiger partial charge in [0.25, 0.3) is 0 Å². The van der Waals surface area contributed by atoms with Gasteiger partial charge in [0, 0.05) is 6.54 Å². The zero-order valence-electron chi connectivity index (χ0n) is 6.74. The van der Waals surface area contributed by atoms with Crippen molar-refractivity contribution < 1.29 is 17.4 Å². The van der Waals surface area contributed by atoms with Crippen molar-refractivity contribution in [3.05, 3.63) is 0 Å². The fourth-order valence-electron chi connectivity index (χ4n) is 0.512. The van der Waals surface area contributed by atoms with Gasteiger partial charge in [-0.2, -0.15) is 13.1 Å². The fraction of sp³-hybridized carbons (Fsp3) is 0.800. The summed E-state index contributed by atoms with van der Waals surface area (Å²) < 4.78 is 27.2. The van der Waals surface area contributed by atoms with Crippen molar-refractivity contribution in [1.29, 1.82) is 0 Å². The molecule has 0 heterocycles. The van der Waals surface area contributed by atoms with Crippen LogP contribution in [0.5, 0.6) is 0 Å². The Bertz CT molecular complexity index is 236. The largest absolute Gasteiger partial charge is 0.421 e. The first-order valence-electron chi connectivity index (χ1n) is 3.46. The standard InChI is InChI=1S/C5H12N2O4S/c1-2-3-4-7-12(9,10)11-5(6)8/h7H,2-4H2,1H3,(H2,6,8). The maximum absolute atomic E-state index is 10.7. The van der Waals surface area contributed by atoms with E-state index in [2.05, 4.69) is 9.92 Å². The van der Waals surface area contributed by atoms with Crippen LogP contribution in [0.4, 0.5) is 4.79 Å². The molecule has 0 spiro atoms. The lowest BCUT2D eigenvalue weighted by atomic mass is 10.3. The van der Waals surface area contributed by atoms with Gasteiger partial charge < -0.3 is 9.92 Å². The third kappa shape index (κ3) is 5.93. The van der Waals surface area contributed by atoms with Crippen LogP contribution in [0.3, 0.4) is 0 Å². The lowest BCUT2D eigenvalue weighted by Crippen LogP contribution is -2.31. The highest BCUT2D eigenvalue weighted by molar-refractivity contribution is 7.85. The molecule has 0 aromatic rings. The lowest BCUT2D eigenvalue weighted by Gasteiger charge is -2.02. The van der Waals surface area contributed by atoms with E-state index in [9.17, 15) is 13.2 Å². The molecule has 0 radical (unpaired) electrons. The normalized spacial score (nSPS) is 11.1. The SMILES string of the molecule is CCCCNS(=O)(=O)OC(N)=O. The topological polar surface area (TPSA) is 98.5 Å². The summed E-state index contributed by atoms with van der Waals surface area (Å²) in [6.07, 6.45) is 0.194. The molecule has 6 nitrogen and oxygen atoms in total. The first kappa shape index (κ1) is 11.2. The van der Waals surface area contributed by atoms with E-state index in [1.165, 1.54) is 0 Å². The number of nitrogens with two attached hydrogens (primary N) is 1. The van der Waals surface area contributed by atoms with Crippen LogP contribution in [0.2, 0.25) is 0 Å². The number of unbranched alkanes of at least 4 members (excludes halogenated alkanes) is 1. The lowest BCUT2D eigenvalue weighted by molar-refractivity contribution is 0.212. The molecule has 72 valence electrons. The molecule has 7 heteroatoms. The molecular weight excluding hydrogens is 184 g/mol. The Morgan fingerprint density at radius 2 is 2.17 bits per heavy atom. The number of carbonyl (C=O) groups is 1. The van der Waals surface area contributed by atoms with E-state index in [1.54, 1.807) is 0 Å². The third-order valence-corrected chi connectivity index (χ3v) is 1.94. The summed E-state index contributed by atoms with van der Waals surface area (Å²) in [5.74, 6) is 0. The van der Waals surface area contributed by atoms with Crippen LogP contribution in [-0.4, -0.2) is 21.1 Å². The van der Waals surface area contributed by atoms with Gasteiger partial charge in [0.1, 0.15) is 0 Å². The van der Waals surface area contributed by atoms with Crippen LogP contribution in [0.15, 0.2) is 0 Å². The molecule has 0 unspecified atom stereocenters. The van der Waals surface area contributed by atoms with E-state index in [0.29, 0.717) is 6.42 Å². The van der Waals surface area contributed by atoms with E-state index >= 15 is 0 Å². The van der Waals surface area contributed by atoms with Crippen LogP contribution >= 0.6 is 0 Å². The number of rotatable bonds is 5. The molecular formula is C5H12N2O4S. The molecule has 12 heavy (non-hydrogen) atoms. The Labute approximate surface area is 71.3 Å². The molecule has 0 aliphatic rings. The van der Waals surface area contributed by atoms with Crippen molar-refractivity contribution in [3.63, 3.8) is 0 Å². The number of carbonyl (C=O) groups excluding carboxylic acids is 1. The van der Waals surface area contributed by atoms with E-state index in [0.717, 1.165) is 6.42 Å². The number of nitrogens with one attached hydrogen (secondary N) is 1. The summed E-state index contributed by atoms with van der Waals surface area (Å²) in [4.78, 5) is 10.0. The van der Waals surface area contributed by atoms with Crippen molar-refractivity contribution in [1.82, 2.24) is 4.72 Å². The highest BCUT2D eigenvalue weighted by Gasteiger charge is 2.12. The summed E-state index contributed by atoms with van der Waals surface area (Å²) in [6, 6.07) is 0. The Hall–Kier alpha value is -0.820. The van der Waals surface area contributed by atoms with Gasteiger partial charge in [0.05, 0.1) is 0 Å². The van der Waals surface area contributed by atoms with Gasteiger partial charge >= 0.3 is 16.4 Å². The molecule has 0 fully saturated rings. The predicted molar refractivity (Wildman–Crippen MR) is 42.5 cm³/mol. The van der Waals surface area contributed by atoms with E-state index in [-0.39, 0.29) is 6.54 Å². The van der Waals surface area contributed by atoms with Gasteiger partial charge in [0.15, 0.2) is 0 Å². The molecule has 3 N–H and O–H groups in total. The smallest absolute Gasteiger partial charge is 0.334 e. The molecule has 0 bridgehead atoms. The summed E-state index contributed by atoms with van der Waals surface area (Å²) in [6.45, 7) is 2.15. The Balaban J connectivity index is 3.81. The van der Waals surface area contributed by atoms with Crippen LogP contribution in [-0.2, 0) is 14.5 Å². The Kier molecular flexibility index (Phi) is 4.60. The first-order valence-corrected chi connectivity index (χ1v) is 4.87. The number of hydrogen-bond donors (Lipinski definition) is 2.